The van der Waals surface area contributed by atoms with Gasteiger partial charge < -0.3 is 20.6 Å². The highest BCUT2D eigenvalue weighted by Crippen LogP contribution is 2.18. The van der Waals surface area contributed by atoms with Crippen LogP contribution in [-0.2, 0) is 4.79 Å². The summed E-state index contributed by atoms with van der Waals surface area (Å²) in [7, 11) is 0. The van der Waals surface area contributed by atoms with Crippen LogP contribution < -0.4 is 5.32 Å². The van der Waals surface area contributed by atoms with E-state index < -0.39 is 18.2 Å². The number of aliphatic hydroxyl groups excluding tert-OH is 3. The molecule has 0 rings (SSSR count). The lowest BCUT2D eigenvalue weighted by molar-refractivity contribution is -0.125. The summed E-state index contributed by atoms with van der Waals surface area (Å²) in [5.74, 6) is -0.276. The normalized spacial score (nSPS) is 13.4. The molecule has 0 aliphatic heterocycles. The zero-order chi connectivity index (χ0) is 39.4. The van der Waals surface area contributed by atoms with Crippen molar-refractivity contribution in [3.05, 3.63) is 0 Å². The maximum atomic E-state index is 12.5. The molecule has 0 saturated carbocycles. The summed E-state index contributed by atoms with van der Waals surface area (Å²) < 4.78 is 0. The molecule has 0 aliphatic rings. The van der Waals surface area contributed by atoms with Gasteiger partial charge in [-0.3, -0.25) is 4.79 Å². The fourth-order valence-electron chi connectivity index (χ4n) is 8.11. The highest BCUT2D eigenvalue weighted by atomic mass is 16.3. The molecule has 0 heterocycles. The molecule has 0 radical (unpaired) electrons. The van der Waals surface area contributed by atoms with Crippen LogP contribution in [0.4, 0.5) is 0 Å². The molecule has 3 atom stereocenters. The summed E-state index contributed by atoms with van der Waals surface area (Å²) >= 11 is 0. The summed E-state index contributed by atoms with van der Waals surface area (Å²) in [6.07, 6.45) is 52.3. The Morgan fingerprint density at radius 3 is 0.889 bits per heavy atom. The van der Waals surface area contributed by atoms with Crippen molar-refractivity contribution in [2.24, 2.45) is 0 Å². The molecule has 3 unspecified atom stereocenters. The van der Waals surface area contributed by atoms with E-state index in [0.717, 1.165) is 25.7 Å². The molecule has 0 aromatic carbocycles. The Balaban J connectivity index is 3.53. The van der Waals surface area contributed by atoms with Gasteiger partial charge in [-0.05, 0) is 12.8 Å². The standard InChI is InChI=1S/C49H99NO4/c1-3-5-7-9-11-13-15-17-19-21-22-23-24-25-27-29-31-33-35-37-39-41-43-48(53)47(45-51)50-49(54)44-46(52)42-40-38-36-34-32-30-28-26-20-18-16-14-12-10-8-6-4-2/h46-48,51-53H,3-45H2,1-2H3,(H,50,54). The van der Waals surface area contributed by atoms with E-state index in [1.807, 2.05) is 0 Å². The average Bonchev–Trinajstić information content (AvgIpc) is 3.16. The minimum Gasteiger partial charge on any atom is -0.394 e. The van der Waals surface area contributed by atoms with Crippen molar-refractivity contribution < 1.29 is 20.1 Å². The number of carbonyl (C=O) groups is 1. The number of unbranched alkanes of at least 4 members (excludes halogenated alkanes) is 37. The smallest absolute Gasteiger partial charge is 0.222 e. The summed E-state index contributed by atoms with van der Waals surface area (Å²) in [4.78, 5) is 12.5. The first-order valence-corrected chi connectivity index (χ1v) is 24.8. The molecule has 0 bridgehead atoms. The van der Waals surface area contributed by atoms with E-state index in [2.05, 4.69) is 19.2 Å². The van der Waals surface area contributed by atoms with E-state index in [1.54, 1.807) is 0 Å². The fourth-order valence-corrected chi connectivity index (χ4v) is 8.11. The lowest BCUT2D eigenvalue weighted by atomic mass is 10.0. The van der Waals surface area contributed by atoms with Crippen molar-refractivity contribution in [1.29, 1.82) is 0 Å². The van der Waals surface area contributed by atoms with Crippen LogP contribution in [0.3, 0.4) is 0 Å². The largest absolute Gasteiger partial charge is 0.394 e. The Morgan fingerprint density at radius 1 is 0.389 bits per heavy atom. The minimum atomic E-state index is -0.744. The molecule has 0 aliphatic carbocycles. The molecular formula is C49H99NO4. The van der Waals surface area contributed by atoms with Crippen LogP contribution in [0.2, 0.25) is 0 Å². The van der Waals surface area contributed by atoms with E-state index in [1.165, 1.54) is 225 Å². The zero-order valence-electron chi connectivity index (χ0n) is 36.9. The van der Waals surface area contributed by atoms with Gasteiger partial charge in [-0.15, -0.1) is 0 Å². The van der Waals surface area contributed by atoms with Crippen molar-refractivity contribution in [2.75, 3.05) is 6.61 Å². The second-order valence-corrected chi connectivity index (χ2v) is 17.4. The Morgan fingerprint density at radius 2 is 0.630 bits per heavy atom. The van der Waals surface area contributed by atoms with Crippen LogP contribution >= 0.6 is 0 Å². The van der Waals surface area contributed by atoms with Crippen molar-refractivity contribution in [3.63, 3.8) is 0 Å². The van der Waals surface area contributed by atoms with Crippen LogP contribution in [0.1, 0.15) is 284 Å². The first-order valence-electron chi connectivity index (χ1n) is 24.8. The second-order valence-electron chi connectivity index (χ2n) is 17.4. The minimum absolute atomic E-state index is 0.0431. The van der Waals surface area contributed by atoms with Gasteiger partial charge >= 0.3 is 0 Å². The predicted octanol–water partition coefficient (Wildman–Crippen LogP) is 14.6. The molecular weight excluding hydrogens is 667 g/mol. The third-order valence-corrected chi connectivity index (χ3v) is 11.9. The molecule has 1 amide bonds. The van der Waals surface area contributed by atoms with Gasteiger partial charge in [-0.25, -0.2) is 0 Å². The number of hydrogen-bond acceptors (Lipinski definition) is 4. The SMILES string of the molecule is CCCCCCCCCCCCCCCCCCCCCCCCC(O)C(CO)NC(=O)CC(O)CCCCCCCCCCCCCCCCCCC. The van der Waals surface area contributed by atoms with Gasteiger partial charge in [0.05, 0.1) is 31.3 Å². The molecule has 54 heavy (non-hydrogen) atoms. The monoisotopic (exact) mass is 766 g/mol. The zero-order valence-corrected chi connectivity index (χ0v) is 36.9. The predicted molar refractivity (Wildman–Crippen MR) is 236 cm³/mol. The van der Waals surface area contributed by atoms with E-state index in [0.29, 0.717) is 12.8 Å². The fraction of sp³-hybridized carbons (Fsp3) is 0.980. The first kappa shape index (κ1) is 53.4. The summed E-state index contributed by atoms with van der Waals surface area (Å²) in [6, 6.07) is -0.653. The third kappa shape index (κ3) is 41.0. The maximum Gasteiger partial charge on any atom is 0.222 e. The lowest BCUT2D eigenvalue weighted by Crippen LogP contribution is -2.46. The van der Waals surface area contributed by atoms with Gasteiger partial charge in [0.2, 0.25) is 5.91 Å². The van der Waals surface area contributed by atoms with Crippen LogP contribution in [0, 0.1) is 0 Å². The number of carbonyl (C=O) groups excluding carboxylic acids is 1. The molecule has 0 aromatic heterocycles. The maximum absolute atomic E-state index is 12.5. The first-order chi connectivity index (χ1) is 26.5. The number of amides is 1. The summed E-state index contributed by atoms with van der Waals surface area (Å²) in [5.41, 5.74) is 0. The van der Waals surface area contributed by atoms with E-state index in [4.69, 9.17) is 0 Å². The van der Waals surface area contributed by atoms with E-state index >= 15 is 0 Å². The Kier molecular flexibility index (Phi) is 44.5. The highest BCUT2D eigenvalue weighted by Gasteiger charge is 2.21. The van der Waals surface area contributed by atoms with Crippen molar-refractivity contribution in [2.45, 2.75) is 302 Å². The van der Waals surface area contributed by atoms with Gasteiger partial charge in [-0.1, -0.05) is 264 Å². The van der Waals surface area contributed by atoms with Gasteiger partial charge in [0.1, 0.15) is 0 Å². The quantitative estimate of drug-likeness (QED) is 0.0465. The third-order valence-electron chi connectivity index (χ3n) is 11.9. The molecule has 0 fully saturated rings. The van der Waals surface area contributed by atoms with Gasteiger partial charge in [-0.2, -0.15) is 0 Å². The van der Waals surface area contributed by atoms with E-state index in [9.17, 15) is 20.1 Å². The molecule has 324 valence electrons. The van der Waals surface area contributed by atoms with Gasteiger partial charge in [0.15, 0.2) is 0 Å². The topological polar surface area (TPSA) is 89.8 Å². The van der Waals surface area contributed by atoms with Crippen molar-refractivity contribution in [1.82, 2.24) is 5.32 Å². The highest BCUT2D eigenvalue weighted by molar-refractivity contribution is 5.76. The second kappa shape index (κ2) is 45.1. The van der Waals surface area contributed by atoms with Gasteiger partial charge in [0, 0.05) is 0 Å². The molecule has 0 aromatic rings. The molecule has 0 spiro atoms. The number of rotatable bonds is 46. The Bertz CT molecular complexity index is 718. The summed E-state index contributed by atoms with van der Waals surface area (Å²) in [6.45, 7) is 4.30. The number of hydrogen-bond donors (Lipinski definition) is 4. The average molecular weight is 766 g/mol. The molecule has 5 heteroatoms. The molecule has 5 nitrogen and oxygen atoms in total. The van der Waals surface area contributed by atoms with Crippen LogP contribution in [0.5, 0.6) is 0 Å². The lowest BCUT2D eigenvalue weighted by Gasteiger charge is -2.23. The Labute approximate surface area is 338 Å². The van der Waals surface area contributed by atoms with Crippen molar-refractivity contribution in [3.8, 4) is 0 Å². The van der Waals surface area contributed by atoms with Crippen molar-refractivity contribution >= 4 is 5.91 Å². The van der Waals surface area contributed by atoms with Crippen LogP contribution in [0.25, 0.3) is 0 Å². The molecule has 0 saturated heterocycles. The van der Waals surface area contributed by atoms with Gasteiger partial charge in [0.25, 0.3) is 0 Å². The molecule has 4 N–H and O–H groups in total. The number of nitrogens with one attached hydrogen (secondary N) is 1. The van der Waals surface area contributed by atoms with E-state index in [-0.39, 0.29) is 18.9 Å². The Hall–Kier alpha value is -0.650. The summed E-state index contributed by atoms with van der Waals surface area (Å²) in [5, 5.41) is 33.5. The van der Waals surface area contributed by atoms with Crippen LogP contribution in [0.15, 0.2) is 0 Å². The number of aliphatic hydroxyl groups is 3. The van der Waals surface area contributed by atoms with Crippen LogP contribution in [-0.4, -0.2) is 46.1 Å².